The molecule has 0 atom stereocenters. The molecule has 0 saturated carbocycles. The monoisotopic (exact) mass is 430 g/mol. The Morgan fingerprint density at radius 1 is 1.11 bits per heavy atom. The second kappa shape index (κ2) is 4.79. The Balaban J connectivity index is 2.34. The number of fused-ring (bicyclic) bond motifs is 1. The highest BCUT2D eigenvalue weighted by Crippen LogP contribution is 2.23. The van der Waals surface area contributed by atoms with Gasteiger partial charge in [0.25, 0.3) is 0 Å². The van der Waals surface area contributed by atoms with Crippen molar-refractivity contribution in [2.75, 3.05) is 0 Å². The zero-order valence-corrected chi connectivity index (χ0v) is 13.7. The molecule has 1 heterocycles. The maximum absolute atomic E-state index is 5.40. The van der Waals surface area contributed by atoms with E-state index >= 15 is 0 Å². The average Bonchev–Trinajstić information content (AvgIpc) is 2.66. The van der Waals surface area contributed by atoms with Gasteiger partial charge >= 0.3 is 0 Å². The van der Waals surface area contributed by atoms with E-state index in [0.29, 0.717) is 4.77 Å². The third-order valence-corrected chi connectivity index (χ3v) is 4.23. The van der Waals surface area contributed by atoms with Crippen LogP contribution in [0.5, 0.6) is 0 Å². The van der Waals surface area contributed by atoms with Crippen LogP contribution in [-0.4, -0.2) is 9.55 Å². The summed E-state index contributed by atoms with van der Waals surface area (Å²) < 4.78 is 5.02. The fraction of sp³-hybridized carbons (Fsp3) is 0. The fourth-order valence-electron chi connectivity index (χ4n) is 1.92. The molecule has 0 fully saturated rings. The number of halogens is 2. The van der Waals surface area contributed by atoms with E-state index in [4.69, 9.17) is 12.2 Å². The molecule has 0 bridgehead atoms. The van der Waals surface area contributed by atoms with Crippen molar-refractivity contribution in [3.63, 3.8) is 0 Å². The highest BCUT2D eigenvalue weighted by Gasteiger charge is 2.06. The van der Waals surface area contributed by atoms with Gasteiger partial charge in [-0.25, -0.2) is 0 Å². The number of aromatic amines is 1. The second-order valence-corrected chi connectivity index (χ2v) is 6.45. The van der Waals surface area contributed by atoms with Crippen molar-refractivity contribution in [2.45, 2.75) is 0 Å². The Morgan fingerprint density at radius 3 is 2.56 bits per heavy atom. The molecule has 2 aromatic carbocycles. The number of benzene rings is 2. The molecule has 5 heteroatoms. The third kappa shape index (κ3) is 2.15. The standard InChI is InChI=1S/C13H8BrIN2S/c14-8-1-6-11-12(7-8)17(13(18)16-11)10-4-2-9(15)3-5-10/h1-7H,(H,16,18). The van der Waals surface area contributed by atoms with Crippen LogP contribution in [0.4, 0.5) is 0 Å². The number of imidazole rings is 1. The smallest absolute Gasteiger partial charge is 0.182 e. The van der Waals surface area contributed by atoms with Crippen molar-refractivity contribution >= 4 is 61.8 Å². The van der Waals surface area contributed by atoms with Crippen LogP contribution in [0.1, 0.15) is 0 Å². The Morgan fingerprint density at radius 2 is 1.83 bits per heavy atom. The minimum atomic E-state index is 0.712. The van der Waals surface area contributed by atoms with Gasteiger partial charge in [-0.15, -0.1) is 0 Å². The van der Waals surface area contributed by atoms with Crippen LogP contribution in [-0.2, 0) is 0 Å². The van der Waals surface area contributed by atoms with Gasteiger partial charge < -0.3 is 4.98 Å². The summed E-state index contributed by atoms with van der Waals surface area (Å²) in [6, 6.07) is 14.4. The maximum Gasteiger partial charge on any atom is 0.182 e. The van der Waals surface area contributed by atoms with Crippen LogP contribution in [0.2, 0.25) is 0 Å². The van der Waals surface area contributed by atoms with Crippen LogP contribution in [0.15, 0.2) is 46.9 Å². The molecular formula is C13H8BrIN2S. The summed E-state index contributed by atoms with van der Waals surface area (Å²) in [5.41, 5.74) is 3.20. The van der Waals surface area contributed by atoms with Gasteiger partial charge in [0.05, 0.1) is 11.0 Å². The lowest BCUT2D eigenvalue weighted by Gasteiger charge is -2.04. The summed E-state index contributed by atoms with van der Waals surface area (Å²) in [4.78, 5) is 3.22. The number of nitrogens with one attached hydrogen (secondary N) is 1. The lowest BCUT2D eigenvalue weighted by Crippen LogP contribution is -1.93. The summed E-state index contributed by atoms with van der Waals surface area (Å²) in [6.45, 7) is 0. The van der Waals surface area contributed by atoms with Crippen LogP contribution in [0.25, 0.3) is 16.7 Å². The number of nitrogens with zero attached hydrogens (tertiary/aromatic N) is 1. The summed E-state index contributed by atoms with van der Waals surface area (Å²) in [7, 11) is 0. The van der Waals surface area contributed by atoms with E-state index in [1.165, 1.54) is 3.57 Å². The zero-order chi connectivity index (χ0) is 12.7. The molecule has 0 aliphatic heterocycles. The molecule has 0 radical (unpaired) electrons. The van der Waals surface area contributed by atoms with Crippen molar-refractivity contribution in [3.8, 4) is 5.69 Å². The van der Waals surface area contributed by atoms with Crippen LogP contribution in [0, 0.1) is 8.34 Å². The fourth-order valence-corrected chi connectivity index (χ4v) is 2.94. The Kier molecular flexibility index (Phi) is 3.29. The summed E-state index contributed by atoms with van der Waals surface area (Å²) >= 11 is 11.2. The maximum atomic E-state index is 5.40. The number of H-pyrrole nitrogens is 1. The Hall–Kier alpha value is -0.660. The van der Waals surface area contributed by atoms with Gasteiger partial charge in [-0.2, -0.15) is 0 Å². The molecule has 0 saturated heterocycles. The Labute approximate surface area is 131 Å². The highest BCUT2D eigenvalue weighted by molar-refractivity contribution is 14.1. The topological polar surface area (TPSA) is 20.7 Å². The predicted molar refractivity (Wildman–Crippen MR) is 88.9 cm³/mol. The van der Waals surface area contributed by atoms with Crippen molar-refractivity contribution < 1.29 is 0 Å². The highest BCUT2D eigenvalue weighted by atomic mass is 127. The van der Waals surface area contributed by atoms with Gasteiger partial charge in [0.1, 0.15) is 0 Å². The number of aromatic nitrogens is 2. The first-order valence-electron chi connectivity index (χ1n) is 5.31. The summed E-state index contributed by atoms with van der Waals surface area (Å²) in [5, 5.41) is 0. The molecule has 2 nitrogen and oxygen atoms in total. The minimum Gasteiger partial charge on any atom is -0.330 e. The largest absolute Gasteiger partial charge is 0.330 e. The first-order valence-corrected chi connectivity index (χ1v) is 7.59. The number of rotatable bonds is 1. The van der Waals surface area contributed by atoms with E-state index in [9.17, 15) is 0 Å². The molecule has 1 N–H and O–H groups in total. The molecular weight excluding hydrogens is 423 g/mol. The minimum absolute atomic E-state index is 0.712. The van der Waals surface area contributed by atoms with Crippen LogP contribution >= 0.6 is 50.7 Å². The molecule has 3 aromatic rings. The van der Waals surface area contributed by atoms with E-state index in [1.54, 1.807) is 0 Å². The molecule has 0 spiro atoms. The van der Waals surface area contributed by atoms with Gasteiger partial charge in [0.15, 0.2) is 4.77 Å². The van der Waals surface area contributed by atoms with E-state index in [1.807, 2.05) is 16.7 Å². The summed E-state index contributed by atoms with van der Waals surface area (Å²) in [5.74, 6) is 0. The first kappa shape index (κ1) is 12.4. The van der Waals surface area contributed by atoms with E-state index < -0.39 is 0 Å². The lowest BCUT2D eigenvalue weighted by atomic mass is 10.3. The first-order chi connectivity index (χ1) is 8.65. The van der Waals surface area contributed by atoms with Gasteiger partial charge in [-0.05, 0) is 77.3 Å². The van der Waals surface area contributed by atoms with Crippen molar-refractivity contribution in [1.29, 1.82) is 0 Å². The normalized spacial score (nSPS) is 11.0. The van der Waals surface area contributed by atoms with Gasteiger partial charge in [0, 0.05) is 13.7 Å². The lowest BCUT2D eigenvalue weighted by molar-refractivity contribution is 1.06. The third-order valence-electron chi connectivity index (χ3n) is 2.73. The average molecular weight is 431 g/mol. The molecule has 1 aromatic heterocycles. The molecule has 0 unspecified atom stereocenters. The van der Waals surface area contributed by atoms with Crippen molar-refractivity contribution in [3.05, 3.63) is 55.3 Å². The number of hydrogen-bond donors (Lipinski definition) is 1. The number of hydrogen-bond acceptors (Lipinski definition) is 1. The predicted octanol–water partition coefficient (Wildman–Crippen LogP) is 5.06. The van der Waals surface area contributed by atoms with E-state index in [2.05, 4.69) is 73.8 Å². The van der Waals surface area contributed by atoms with Crippen molar-refractivity contribution in [1.82, 2.24) is 9.55 Å². The molecule has 0 aliphatic carbocycles. The van der Waals surface area contributed by atoms with Gasteiger partial charge in [-0.1, -0.05) is 15.9 Å². The van der Waals surface area contributed by atoms with Crippen molar-refractivity contribution in [2.24, 2.45) is 0 Å². The van der Waals surface area contributed by atoms with Gasteiger partial charge in [-0.3, -0.25) is 4.57 Å². The Bertz CT molecular complexity index is 774. The molecule has 3 rings (SSSR count). The molecule has 90 valence electrons. The van der Waals surface area contributed by atoms with E-state index in [-0.39, 0.29) is 0 Å². The molecule has 18 heavy (non-hydrogen) atoms. The van der Waals surface area contributed by atoms with Crippen LogP contribution < -0.4 is 0 Å². The van der Waals surface area contributed by atoms with Crippen LogP contribution in [0.3, 0.4) is 0 Å². The summed E-state index contributed by atoms with van der Waals surface area (Å²) in [6.07, 6.45) is 0. The molecule has 0 aliphatic rings. The molecule has 0 amide bonds. The SMILES string of the molecule is S=c1[nH]c2ccc(Br)cc2n1-c1ccc(I)cc1. The van der Waals surface area contributed by atoms with Gasteiger partial charge in [0.2, 0.25) is 0 Å². The zero-order valence-electron chi connectivity index (χ0n) is 9.15. The van der Waals surface area contributed by atoms with E-state index in [0.717, 1.165) is 21.2 Å². The second-order valence-electron chi connectivity index (χ2n) is 3.90. The quantitative estimate of drug-likeness (QED) is 0.423.